The lowest BCUT2D eigenvalue weighted by Crippen LogP contribution is -2.59. The maximum Gasteiger partial charge on any atom is 0.326 e. The molecule has 1 aliphatic heterocycles. The molecule has 5 atom stereocenters. The zero-order chi connectivity index (χ0) is 22.8. The van der Waals surface area contributed by atoms with Crippen molar-refractivity contribution in [1.82, 2.24) is 15.5 Å². The number of rotatable bonds is 12. The van der Waals surface area contributed by atoms with Gasteiger partial charge in [-0.3, -0.25) is 14.4 Å². The Morgan fingerprint density at radius 2 is 1.93 bits per heavy atom. The average Bonchev–Trinajstić information content (AvgIpc) is 3.22. The summed E-state index contributed by atoms with van der Waals surface area (Å²) >= 11 is 5.75. The van der Waals surface area contributed by atoms with Gasteiger partial charge in [-0.25, -0.2) is 4.79 Å². The highest BCUT2D eigenvalue weighted by Gasteiger charge is 2.38. The Labute approximate surface area is 187 Å². The van der Waals surface area contributed by atoms with Crippen LogP contribution in [-0.4, -0.2) is 82.2 Å². The molecule has 0 saturated carbocycles. The highest BCUT2D eigenvalue weighted by Crippen LogP contribution is 2.19. The van der Waals surface area contributed by atoms with Crippen LogP contribution in [0.4, 0.5) is 0 Å². The minimum absolute atomic E-state index is 0.0157. The lowest BCUT2D eigenvalue weighted by Gasteiger charge is -2.29. The zero-order valence-electron chi connectivity index (χ0n) is 17.8. The molecule has 1 saturated heterocycles. The normalized spacial score (nSPS) is 20.2. The molecule has 0 radical (unpaired) electrons. The minimum atomic E-state index is -1.06. The SMILES string of the molecule is CCC(C)C(NC(=O)C(N)CCSC)C(=O)NC(CS)C(=O)N1CCCC1C(=O)O. The first kappa shape index (κ1) is 26.6. The molecule has 9 nitrogen and oxygen atoms in total. The molecule has 1 fully saturated rings. The molecule has 3 amide bonds. The summed E-state index contributed by atoms with van der Waals surface area (Å²) in [4.78, 5) is 50.8. The molecule has 0 bridgehead atoms. The molecule has 0 aromatic rings. The van der Waals surface area contributed by atoms with Crippen LogP contribution in [0.1, 0.15) is 39.5 Å². The van der Waals surface area contributed by atoms with Crippen LogP contribution in [0.3, 0.4) is 0 Å². The van der Waals surface area contributed by atoms with Crippen molar-refractivity contribution in [3.8, 4) is 0 Å². The molecular weight excluding hydrogens is 428 g/mol. The van der Waals surface area contributed by atoms with Crippen LogP contribution in [0.25, 0.3) is 0 Å². The maximum absolute atomic E-state index is 12.9. The van der Waals surface area contributed by atoms with Gasteiger partial charge < -0.3 is 26.4 Å². The second-order valence-electron chi connectivity index (χ2n) is 7.53. The number of carboxylic acid groups (broad SMARTS) is 1. The molecule has 1 aliphatic rings. The third-order valence-corrected chi connectivity index (χ3v) is 6.39. The van der Waals surface area contributed by atoms with E-state index in [-0.39, 0.29) is 11.7 Å². The number of carbonyl (C=O) groups is 4. The van der Waals surface area contributed by atoms with Gasteiger partial charge in [0, 0.05) is 12.3 Å². The number of nitrogens with two attached hydrogens (primary N) is 1. The predicted molar refractivity (Wildman–Crippen MR) is 121 cm³/mol. The summed E-state index contributed by atoms with van der Waals surface area (Å²) in [5.74, 6) is -1.90. The molecular formula is C19H34N4O5S2. The highest BCUT2D eigenvalue weighted by atomic mass is 32.2. The molecule has 5 N–H and O–H groups in total. The number of thiol groups is 1. The van der Waals surface area contributed by atoms with E-state index in [0.29, 0.717) is 32.2 Å². The van der Waals surface area contributed by atoms with Crippen molar-refractivity contribution in [2.24, 2.45) is 11.7 Å². The molecule has 5 unspecified atom stereocenters. The van der Waals surface area contributed by atoms with Gasteiger partial charge in [0.2, 0.25) is 17.7 Å². The molecule has 11 heteroatoms. The van der Waals surface area contributed by atoms with Gasteiger partial charge in [0.15, 0.2) is 0 Å². The van der Waals surface area contributed by atoms with Crippen molar-refractivity contribution >= 4 is 48.1 Å². The first-order chi connectivity index (χ1) is 14.2. The second-order valence-corrected chi connectivity index (χ2v) is 8.88. The van der Waals surface area contributed by atoms with Crippen LogP contribution in [0.5, 0.6) is 0 Å². The molecule has 0 spiro atoms. The molecule has 172 valence electrons. The van der Waals surface area contributed by atoms with Gasteiger partial charge in [0.25, 0.3) is 0 Å². The van der Waals surface area contributed by atoms with Crippen molar-refractivity contribution in [1.29, 1.82) is 0 Å². The molecule has 0 aromatic carbocycles. The van der Waals surface area contributed by atoms with Crippen molar-refractivity contribution in [2.45, 2.75) is 63.7 Å². The van der Waals surface area contributed by atoms with Gasteiger partial charge in [-0.2, -0.15) is 24.4 Å². The topological polar surface area (TPSA) is 142 Å². The van der Waals surface area contributed by atoms with Crippen molar-refractivity contribution in [3.05, 3.63) is 0 Å². The molecule has 0 aromatic heterocycles. The van der Waals surface area contributed by atoms with E-state index < -0.39 is 47.9 Å². The number of hydrogen-bond donors (Lipinski definition) is 5. The van der Waals surface area contributed by atoms with Crippen LogP contribution in [0.2, 0.25) is 0 Å². The third-order valence-electron chi connectivity index (χ3n) is 5.38. The van der Waals surface area contributed by atoms with E-state index in [9.17, 15) is 24.3 Å². The molecule has 1 heterocycles. The Hall–Kier alpha value is -1.46. The number of hydrogen-bond acceptors (Lipinski definition) is 7. The number of nitrogens with zero attached hydrogens (tertiary/aromatic N) is 1. The number of nitrogens with one attached hydrogen (secondary N) is 2. The number of likely N-dealkylation sites (tertiary alicyclic amines) is 1. The number of aliphatic carboxylic acids is 1. The molecule has 0 aliphatic carbocycles. The fourth-order valence-corrected chi connectivity index (χ4v) is 4.01. The van der Waals surface area contributed by atoms with E-state index in [2.05, 4.69) is 23.3 Å². The molecule has 1 rings (SSSR count). The van der Waals surface area contributed by atoms with Gasteiger partial charge in [-0.05, 0) is 37.2 Å². The van der Waals surface area contributed by atoms with E-state index >= 15 is 0 Å². The van der Waals surface area contributed by atoms with Crippen LogP contribution >= 0.6 is 24.4 Å². The summed E-state index contributed by atoms with van der Waals surface area (Å²) in [6, 6.07) is -3.45. The summed E-state index contributed by atoms with van der Waals surface area (Å²) in [6.45, 7) is 4.05. The predicted octanol–water partition coefficient (Wildman–Crippen LogP) is 0.0879. The van der Waals surface area contributed by atoms with Crippen molar-refractivity contribution in [2.75, 3.05) is 24.3 Å². The Balaban J connectivity index is 2.86. The standard InChI is InChI=1S/C19H34N4O5S2/c1-4-11(2)15(22-16(24)12(20)7-9-30-3)17(25)21-13(10-29)18(26)23-8-5-6-14(23)19(27)28/h11-15,29H,4-10,20H2,1-3H3,(H,21,25)(H,22,24)(H,27,28). The fraction of sp³-hybridized carbons (Fsp3) is 0.789. The smallest absolute Gasteiger partial charge is 0.326 e. The summed E-state index contributed by atoms with van der Waals surface area (Å²) in [5, 5.41) is 14.7. The molecule has 30 heavy (non-hydrogen) atoms. The number of carbonyl (C=O) groups excluding carboxylic acids is 3. The maximum atomic E-state index is 12.9. The Kier molecular flexibility index (Phi) is 11.6. The Bertz CT molecular complexity index is 622. The van der Waals surface area contributed by atoms with E-state index in [1.165, 1.54) is 4.90 Å². The lowest BCUT2D eigenvalue weighted by atomic mass is 9.97. The Morgan fingerprint density at radius 3 is 2.47 bits per heavy atom. The third kappa shape index (κ3) is 7.35. The first-order valence-electron chi connectivity index (χ1n) is 10.2. The first-order valence-corrected chi connectivity index (χ1v) is 12.2. The van der Waals surface area contributed by atoms with Gasteiger partial charge >= 0.3 is 5.97 Å². The van der Waals surface area contributed by atoms with Crippen LogP contribution in [0.15, 0.2) is 0 Å². The summed E-state index contributed by atoms with van der Waals surface area (Å²) in [6.07, 6.45) is 4.02. The highest BCUT2D eigenvalue weighted by molar-refractivity contribution is 7.98. The van der Waals surface area contributed by atoms with E-state index in [4.69, 9.17) is 5.73 Å². The minimum Gasteiger partial charge on any atom is -0.480 e. The fourth-order valence-electron chi connectivity index (χ4n) is 3.27. The van der Waals surface area contributed by atoms with Gasteiger partial charge in [0.1, 0.15) is 18.1 Å². The second kappa shape index (κ2) is 13.1. The lowest BCUT2D eigenvalue weighted by molar-refractivity contribution is -0.149. The summed E-state index contributed by atoms with van der Waals surface area (Å²) in [7, 11) is 0. The monoisotopic (exact) mass is 462 g/mol. The van der Waals surface area contributed by atoms with Crippen LogP contribution in [-0.2, 0) is 19.2 Å². The van der Waals surface area contributed by atoms with Gasteiger partial charge in [-0.1, -0.05) is 20.3 Å². The average molecular weight is 463 g/mol. The van der Waals surface area contributed by atoms with Crippen LogP contribution in [0, 0.1) is 5.92 Å². The van der Waals surface area contributed by atoms with Crippen molar-refractivity contribution < 1.29 is 24.3 Å². The van der Waals surface area contributed by atoms with E-state index in [0.717, 1.165) is 5.75 Å². The quantitative estimate of drug-likeness (QED) is 0.259. The van der Waals surface area contributed by atoms with Crippen molar-refractivity contribution in [3.63, 3.8) is 0 Å². The number of amides is 3. The summed E-state index contributed by atoms with van der Waals surface area (Å²) < 4.78 is 0. The van der Waals surface area contributed by atoms with Crippen LogP contribution < -0.4 is 16.4 Å². The summed E-state index contributed by atoms with van der Waals surface area (Å²) in [5.41, 5.74) is 5.91. The number of carboxylic acids is 1. The number of thioether (sulfide) groups is 1. The van der Waals surface area contributed by atoms with Gasteiger partial charge in [0.05, 0.1) is 6.04 Å². The largest absolute Gasteiger partial charge is 0.480 e. The zero-order valence-corrected chi connectivity index (χ0v) is 19.5. The van der Waals surface area contributed by atoms with E-state index in [1.807, 2.05) is 20.1 Å². The van der Waals surface area contributed by atoms with Gasteiger partial charge in [-0.15, -0.1) is 0 Å². The van der Waals surface area contributed by atoms with E-state index in [1.54, 1.807) is 11.8 Å². The Morgan fingerprint density at radius 1 is 1.27 bits per heavy atom.